The van der Waals surface area contributed by atoms with E-state index in [-0.39, 0.29) is 5.56 Å². The Morgan fingerprint density at radius 3 is 2.89 bits per heavy atom. The van der Waals surface area contributed by atoms with Crippen LogP contribution in [0.15, 0.2) is 36.9 Å². The van der Waals surface area contributed by atoms with Crippen LogP contribution in [-0.4, -0.2) is 30.2 Å². The van der Waals surface area contributed by atoms with Crippen LogP contribution in [0.4, 0.5) is 0 Å². The summed E-state index contributed by atoms with van der Waals surface area (Å²) in [7, 11) is 1.92. The molecule has 0 saturated heterocycles. The zero-order chi connectivity index (χ0) is 13.4. The molecule has 0 aliphatic rings. The van der Waals surface area contributed by atoms with E-state index in [9.17, 15) is 4.79 Å². The van der Waals surface area contributed by atoms with Crippen molar-refractivity contribution in [3.05, 3.63) is 48.3 Å². The predicted molar refractivity (Wildman–Crippen MR) is 69.0 cm³/mol. The highest BCUT2D eigenvalue weighted by Crippen LogP contribution is 2.18. The van der Waals surface area contributed by atoms with Crippen molar-refractivity contribution in [2.24, 2.45) is 7.05 Å². The number of carboxylic acids is 1. The number of carboxylic acid groups (broad SMARTS) is 1. The molecule has 0 aliphatic carbocycles. The van der Waals surface area contributed by atoms with Gasteiger partial charge in [0.25, 0.3) is 0 Å². The summed E-state index contributed by atoms with van der Waals surface area (Å²) in [6, 6.07) is 5.14. The molecule has 3 rings (SSSR count). The Balaban J connectivity index is 2.09. The maximum atomic E-state index is 11.1. The number of benzene rings is 1. The minimum atomic E-state index is -0.965. The van der Waals surface area contributed by atoms with Crippen molar-refractivity contribution >= 4 is 17.0 Å². The summed E-state index contributed by atoms with van der Waals surface area (Å²) >= 11 is 0. The molecule has 0 bridgehead atoms. The van der Waals surface area contributed by atoms with Crippen LogP contribution in [0.2, 0.25) is 0 Å². The van der Waals surface area contributed by atoms with E-state index >= 15 is 0 Å². The number of fused-ring (bicyclic) bond motifs is 1. The third-order valence-electron chi connectivity index (χ3n) is 3.11. The number of imidazole rings is 2. The molecular formula is C13H12N4O2. The third kappa shape index (κ3) is 1.87. The summed E-state index contributed by atoms with van der Waals surface area (Å²) in [5.74, 6) is -0.0760. The minimum Gasteiger partial charge on any atom is -0.478 e. The van der Waals surface area contributed by atoms with E-state index in [4.69, 9.17) is 5.11 Å². The Kier molecular flexibility index (Phi) is 2.56. The molecular weight excluding hydrogens is 244 g/mol. The van der Waals surface area contributed by atoms with E-state index in [1.165, 1.54) is 0 Å². The molecule has 0 atom stereocenters. The summed E-state index contributed by atoms with van der Waals surface area (Å²) < 4.78 is 3.82. The molecule has 1 N–H and O–H groups in total. The maximum Gasteiger partial charge on any atom is 0.337 e. The number of aryl methyl sites for hydroxylation is 1. The van der Waals surface area contributed by atoms with Gasteiger partial charge >= 0.3 is 5.97 Å². The largest absolute Gasteiger partial charge is 0.478 e. The van der Waals surface area contributed by atoms with Gasteiger partial charge in [0.15, 0.2) is 0 Å². The number of aromatic carboxylic acids is 1. The van der Waals surface area contributed by atoms with E-state index in [0.29, 0.717) is 12.1 Å². The van der Waals surface area contributed by atoms with Gasteiger partial charge in [0.2, 0.25) is 0 Å². The first-order valence-electron chi connectivity index (χ1n) is 5.80. The smallest absolute Gasteiger partial charge is 0.337 e. The molecule has 0 saturated carbocycles. The molecule has 6 nitrogen and oxygen atoms in total. The molecule has 0 unspecified atom stereocenters. The quantitative estimate of drug-likeness (QED) is 0.771. The third-order valence-corrected chi connectivity index (χ3v) is 3.11. The van der Waals surface area contributed by atoms with Crippen LogP contribution in [0.25, 0.3) is 11.0 Å². The van der Waals surface area contributed by atoms with Crippen molar-refractivity contribution in [3.63, 3.8) is 0 Å². The number of carbonyl (C=O) groups is 1. The number of rotatable bonds is 3. The molecule has 6 heteroatoms. The van der Waals surface area contributed by atoms with Crippen molar-refractivity contribution in [1.29, 1.82) is 0 Å². The molecule has 0 fully saturated rings. The van der Waals surface area contributed by atoms with Crippen LogP contribution in [0.1, 0.15) is 16.2 Å². The van der Waals surface area contributed by atoms with Gasteiger partial charge in [-0.2, -0.15) is 0 Å². The number of hydrogen-bond acceptors (Lipinski definition) is 3. The lowest BCUT2D eigenvalue weighted by Gasteiger charge is -2.04. The summed E-state index contributed by atoms with van der Waals surface area (Å²) in [6.07, 6.45) is 5.25. The van der Waals surface area contributed by atoms with Crippen molar-refractivity contribution in [1.82, 2.24) is 19.1 Å². The lowest BCUT2D eigenvalue weighted by atomic mass is 10.2. The van der Waals surface area contributed by atoms with Gasteiger partial charge in [-0.05, 0) is 12.1 Å². The fraction of sp³-hybridized carbons (Fsp3) is 0.154. The Morgan fingerprint density at radius 2 is 2.21 bits per heavy atom. The van der Waals surface area contributed by atoms with Crippen LogP contribution in [0.3, 0.4) is 0 Å². The first kappa shape index (κ1) is 11.5. The first-order chi connectivity index (χ1) is 9.16. The Morgan fingerprint density at radius 1 is 1.37 bits per heavy atom. The fourth-order valence-electron chi connectivity index (χ4n) is 2.09. The Hall–Kier alpha value is -2.63. The molecule has 2 heterocycles. The Bertz CT molecular complexity index is 757. The summed E-state index contributed by atoms with van der Waals surface area (Å²) in [5.41, 5.74) is 1.52. The molecule has 0 amide bonds. The van der Waals surface area contributed by atoms with Gasteiger partial charge in [0, 0.05) is 19.4 Å². The zero-order valence-electron chi connectivity index (χ0n) is 10.3. The molecule has 96 valence electrons. The highest BCUT2D eigenvalue weighted by Gasteiger charge is 2.13. The highest BCUT2D eigenvalue weighted by atomic mass is 16.4. The molecule has 19 heavy (non-hydrogen) atoms. The standard InChI is InChI=1S/C13H12N4O2/c1-16-6-5-14-11(16)7-17-8-15-12-9(13(18)19)3-2-4-10(12)17/h2-6,8H,7H2,1H3,(H,18,19). The van der Waals surface area contributed by atoms with E-state index in [0.717, 1.165) is 11.3 Å². The molecule has 3 aromatic rings. The lowest BCUT2D eigenvalue weighted by molar-refractivity contribution is 0.0699. The molecule has 0 spiro atoms. The van der Waals surface area contributed by atoms with Crippen LogP contribution in [-0.2, 0) is 13.6 Å². The fourth-order valence-corrected chi connectivity index (χ4v) is 2.09. The summed E-state index contributed by atoms with van der Waals surface area (Å²) in [6.45, 7) is 0.559. The van der Waals surface area contributed by atoms with E-state index in [2.05, 4.69) is 9.97 Å². The maximum absolute atomic E-state index is 11.1. The van der Waals surface area contributed by atoms with E-state index in [1.54, 1.807) is 24.7 Å². The predicted octanol–water partition coefficient (Wildman–Crippen LogP) is 1.52. The van der Waals surface area contributed by atoms with Crippen LogP contribution < -0.4 is 0 Å². The second-order valence-electron chi connectivity index (χ2n) is 4.31. The second-order valence-corrected chi connectivity index (χ2v) is 4.31. The van der Waals surface area contributed by atoms with Crippen molar-refractivity contribution in [3.8, 4) is 0 Å². The normalized spacial score (nSPS) is 11.0. The Labute approximate surface area is 108 Å². The monoisotopic (exact) mass is 256 g/mol. The summed E-state index contributed by atoms with van der Waals surface area (Å²) in [5, 5.41) is 9.13. The molecule has 0 radical (unpaired) electrons. The van der Waals surface area contributed by atoms with Crippen molar-refractivity contribution in [2.45, 2.75) is 6.54 Å². The van der Waals surface area contributed by atoms with Crippen molar-refractivity contribution < 1.29 is 9.90 Å². The topological polar surface area (TPSA) is 72.9 Å². The number of para-hydroxylation sites is 1. The van der Waals surface area contributed by atoms with Crippen LogP contribution in [0.5, 0.6) is 0 Å². The zero-order valence-corrected chi connectivity index (χ0v) is 10.3. The van der Waals surface area contributed by atoms with Gasteiger partial charge in [-0.15, -0.1) is 0 Å². The average Bonchev–Trinajstić information content (AvgIpc) is 2.97. The van der Waals surface area contributed by atoms with E-state index < -0.39 is 5.97 Å². The van der Waals surface area contributed by atoms with Gasteiger partial charge in [-0.1, -0.05) is 6.07 Å². The van der Waals surface area contributed by atoms with Gasteiger partial charge < -0.3 is 14.2 Å². The first-order valence-corrected chi connectivity index (χ1v) is 5.80. The minimum absolute atomic E-state index is 0.219. The number of nitrogens with zero attached hydrogens (tertiary/aromatic N) is 4. The van der Waals surface area contributed by atoms with Crippen LogP contribution >= 0.6 is 0 Å². The van der Waals surface area contributed by atoms with Gasteiger partial charge in [-0.3, -0.25) is 0 Å². The summed E-state index contributed by atoms with van der Waals surface area (Å²) in [4.78, 5) is 19.6. The van der Waals surface area contributed by atoms with E-state index in [1.807, 2.05) is 28.4 Å². The van der Waals surface area contributed by atoms with Crippen molar-refractivity contribution in [2.75, 3.05) is 0 Å². The second kappa shape index (κ2) is 4.24. The van der Waals surface area contributed by atoms with Gasteiger partial charge in [0.1, 0.15) is 11.3 Å². The van der Waals surface area contributed by atoms with Gasteiger partial charge in [0.05, 0.1) is 24.0 Å². The lowest BCUT2D eigenvalue weighted by Crippen LogP contribution is -2.05. The van der Waals surface area contributed by atoms with Gasteiger partial charge in [-0.25, -0.2) is 14.8 Å². The number of aromatic nitrogens is 4. The molecule has 2 aromatic heterocycles. The molecule has 0 aliphatic heterocycles. The molecule has 1 aromatic carbocycles. The number of hydrogen-bond donors (Lipinski definition) is 1. The van der Waals surface area contributed by atoms with Crippen LogP contribution in [0, 0.1) is 0 Å². The SMILES string of the molecule is Cn1ccnc1Cn1cnc2c(C(=O)O)cccc21. The average molecular weight is 256 g/mol. The highest BCUT2D eigenvalue weighted by molar-refractivity contribution is 6.00.